The van der Waals surface area contributed by atoms with E-state index in [9.17, 15) is 24.4 Å². The van der Waals surface area contributed by atoms with E-state index in [0.717, 1.165) is 6.07 Å². The Morgan fingerprint density at radius 2 is 1.27 bits per heavy atom. The molecular formula is C31H17N3O5S. The number of hydrogen-bond donors (Lipinski definition) is 0. The number of fused-ring (bicyclic) bond motifs is 7. The maximum absolute atomic E-state index is 12.4. The normalized spacial score (nSPS) is 13.2. The monoisotopic (exact) mass is 543 g/mol. The van der Waals surface area contributed by atoms with Gasteiger partial charge in [0.2, 0.25) is 0 Å². The topological polar surface area (TPSA) is 127 Å². The van der Waals surface area contributed by atoms with E-state index in [-0.39, 0.29) is 21.0 Å². The number of nitro groups is 2. The van der Waals surface area contributed by atoms with Crippen LogP contribution in [0.25, 0.3) is 43.4 Å². The molecule has 0 fully saturated rings. The predicted molar refractivity (Wildman–Crippen MR) is 154 cm³/mol. The van der Waals surface area contributed by atoms with E-state index in [2.05, 4.69) is 72.8 Å². The summed E-state index contributed by atoms with van der Waals surface area (Å²) >= 11 is 0. The second-order valence-electron chi connectivity index (χ2n) is 9.15. The van der Waals surface area contributed by atoms with Crippen molar-refractivity contribution >= 4 is 54.5 Å². The zero-order valence-corrected chi connectivity index (χ0v) is 21.4. The van der Waals surface area contributed by atoms with Gasteiger partial charge in [-0.3, -0.25) is 20.2 Å². The van der Waals surface area contributed by atoms with Crippen LogP contribution in [0.3, 0.4) is 0 Å². The molecule has 0 bridgehead atoms. The average Bonchev–Trinajstić information content (AvgIpc) is 3.25. The lowest BCUT2D eigenvalue weighted by atomic mass is 9.98. The van der Waals surface area contributed by atoms with Crippen molar-refractivity contribution in [1.29, 1.82) is 5.26 Å². The fraction of sp³-hybridized carbons (Fsp3) is 0. The first-order chi connectivity index (χ1) is 19.4. The van der Waals surface area contributed by atoms with Gasteiger partial charge in [0, 0.05) is 23.8 Å². The van der Waals surface area contributed by atoms with E-state index >= 15 is 0 Å². The van der Waals surface area contributed by atoms with Crippen LogP contribution < -0.4 is 0 Å². The largest absolute Gasteiger partial charge is 0.288 e. The Hall–Kier alpha value is -5.46. The second kappa shape index (κ2) is 9.69. The standard InChI is InChI=1S/C18H12.C13H5N3O5S/c1-2-7-15-12-18-16(11-14(15)6-1)10-9-13-5-3-4-8-17(13)18;14-6-7-3-10-9-2-1-8(15(17)18)4-12(9)22(21)13(10)5-11(7)16(19)20/h1-12H;1-5H. The smallest absolute Gasteiger partial charge is 0.258 e. The molecule has 0 saturated heterocycles. The summed E-state index contributed by atoms with van der Waals surface area (Å²) in [5.41, 5.74) is 0.106. The summed E-state index contributed by atoms with van der Waals surface area (Å²) in [5.74, 6) is 0. The van der Waals surface area contributed by atoms with Gasteiger partial charge in [0.05, 0.1) is 30.4 Å². The van der Waals surface area contributed by atoms with E-state index < -0.39 is 26.3 Å². The zero-order chi connectivity index (χ0) is 28.0. The molecule has 1 heterocycles. The minimum atomic E-state index is -1.75. The first-order valence-electron chi connectivity index (χ1n) is 12.1. The molecule has 192 valence electrons. The van der Waals surface area contributed by atoms with Gasteiger partial charge in [0.25, 0.3) is 11.4 Å². The third-order valence-corrected chi connectivity index (χ3v) is 8.37. The lowest BCUT2D eigenvalue weighted by Gasteiger charge is -2.06. The lowest BCUT2D eigenvalue weighted by molar-refractivity contribution is -0.385. The molecule has 0 aromatic heterocycles. The SMILES string of the molecule is N#Cc1cc2c(cc1[N+](=O)[O-])S(=O)c1cc([N+](=O)[O-])ccc1-2.c1ccc2cc3c(ccc4ccccc43)cc2c1. The molecule has 0 radical (unpaired) electrons. The van der Waals surface area contributed by atoms with Crippen LogP contribution in [-0.4, -0.2) is 14.1 Å². The van der Waals surface area contributed by atoms with Gasteiger partial charge in [-0.05, 0) is 62.1 Å². The number of hydrogen-bond acceptors (Lipinski definition) is 6. The summed E-state index contributed by atoms with van der Waals surface area (Å²) in [7, 11) is -1.75. The summed E-state index contributed by atoms with van der Waals surface area (Å²) in [6, 6.07) is 34.1. The molecule has 1 unspecified atom stereocenters. The molecule has 1 aliphatic heterocycles. The van der Waals surface area contributed by atoms with Crippen molar-refractivity contribution in [1.82, 2.24) is 0 Å². The van der Waals surface area contributed by atoms with Crippen LogP contribution in [-0.2, 0) is 10.8 Å². The van der Waals surface area contributed by atoms with Crippen molar-refractivity contribution in [2.75, 3.05) is 0 Å². The molecule has 0 N–H and O–H groups in total. The minimum absolute atomic E-state index is 0.146. The summed E-state index contributed by atoms with van der Waals surface area (Å²) in [4.78, 5) is 20.8. The molecule has 9 heteroatoms. The number of nitriles is 1. The highest BCUT2D eigenvalue weighted by atomic mass is 32.2. The molecule has 0 aliphatic carbocycles. The molecule has 0 spiro atoms. The highest BCUT2D eigenvalue weighted by Gasteiger charge is 2.31. The van der Waals surface area contributed by atoms with Crippen LogP contribution in [0.1, 0.15) is 5.56 Å². The Morgan fingerprint density at radius 1 is 0.625 bits per heavy atom. The predicted octanol–water partition coefficient (Wildman–Crippen LogP) is 7.67. The molecule has 7 rings (SSSR count). The summed E-state index contributed by atoms with van der Waals surface area (Å²) in [5, 5.41) is 38.7. The van der Waals surface area contributed by atoms with E-state index in [1.807, 2.05) is 0 Å². The second-order valence-corrected chi connectivity index (χ2v) is 10.6. The molecule has 1 aliphatic rings. The number of nitrogens with zero attached hydrogens (tertiary/aromatic N) is 3. The maximum Gasteiger partial charge on any atom is 0.288 e. The van der Waals surface area contributed by atoms with Crippen LogP contribution in [0.4, 0.5) is 11.4 Å². The van der Waals surface area contributed by atoms with E-state index in [1.54, 1.807) is 6.07 Å². The molecule has 1 atom stereocenters. The molecule has 40 heavy (non-hydrogen) atoms. The van der Waals surface area contributed by atoms with Gasteiger partial charge in [-0.1, -0.05) is 60.7 Å². The first-order valence-corrected chi connectivity index (χ1v) is 13.2. The van der Waals surface area contributed by atoms with Crippen molar-refractivity contribution in [3.8, 4) is 17.2 Å². The van der Waals surface area contributed by atoms with Gasteiger partial charge in [0.1, 0.15) is 11.6 Å². The molecule has 6 aromatic carbocycles. The van der Waals surface area contributed by atoms with Gasteiger partial charge >= 0.3 is 0 Å². The molecule has 8 nitrogen and oxygen atoms in total. The van der Waals surface area contributed by atoms with Crippen molar-refractivity contribution in [3.05, 3.63) is 129 Å². The van der Waals surface area contributed by atoms with Crippen molar-refractivity contribution in [3.63, 3.8) is 0 Å². The average molecular weight is 544 g/mol. The van der Waals surface area contributed by atoms with Crippen molar-refractivity contribution < 1.29 is 14.1 Å². The van der Waals surface area contributed by atoms with Gasteiger partial charge in [-0.2, -0.15) is 5.26 Å². The fourth-order valence-electron chi connectivity index (χ4n) is 4.99. The Labute approximate surface area is 229 Å². The maximum atomic E-state index is 12.4. The molecule has 0 amide bonds. The Bertz CT molecular complexity index is 2110. The molecule has 6 aromatic rings. The molecular weight excluding hydrogens is 526 g/mol. The molecule has 0 saturated carbocycles. The third kappa shape index (κ3) is 4.13. The van der Waals surface area contributed by atoms with Crippen LogP contribution in [0.2, 0.25) is 0 Å². The van der Waals surface area contributed by atoms with E-state index in [4.69, 9.17) is 5.26 Å². The van der Waals surface area contributed by atoms with E-state index in [1.165, 1.54) is 56.6 Å². The van der Waals surface area contributed by atoms with Gasteiger partial charge in [0.15, 0.2) is 0 Å². The number of rotatable bonds is 2. The Morgan fingerprint density at radius 3 is 1.98 bits per heavy atom. The lowest BCUT2D eigenvalue weighted by Crippen LogP contribution is -1.95. The highest BCUT2D eigenvalue weighted by molar-refractivity contribution is 7.85. The fourth-order valence-corrected chi connectivity index (χ4v) is 6.42. The van der Waals surface area contributed by atoms with Crippen LogP contribution >= 0.6 is 0 Å². The summed E-state index contributed by atoms with van der Waals surface area (Å²) in [6.07, 6.45) is 0. The Kier molecular flexibility index (Phi) is 6.02. The van der Waals surface area contributed by atoms with Gasteiger partial charge in [-0.15, -0.1) is 0 Å². The van der Waals surface area contributed by atoms with Crippen LogP contribution in [0.15, 0.2) is 113 Å². The van der Waals surface area contributed by atoms with Crippen LogP contribution in [0, 0.1) is 31.6 Å². The first kappa shape index (κ1) is 24.9. The minimum Gasteiger partial charge on any atom is -0.258 e. The number of non-ortho nitro benzene ring substituents is 1. The van der Waals surface area contributed by atoms with Crippen molar-refractivity contribution in [2.45, 2.75) is 9.79 Å². The number of benzene rings is 6. The summed E-state index contributed by atoms with van der Waals surface area (Å²) in [6.45, 7) is 0. The van der Waals surface area contributed by atoms with Gasteiger partial charge in [-0.25, -0.2) is 4.21 Å². The number of nitro benzene ring substituents is 2. The van der Waals surface area contributed by atoms with E-state index in [0.29, 0.717) is 11.1 Å². The zero-order valence-electron chi connectivity index (χ0n) is 20.6. The summed E-state index contributed by atoms with van der Waals surface area (Å²) < 4.78 is 12.4. The third-order valence-electron chi connectivity index (χ3n) is 6.89. The van der Waals surface area contributed by atoms with Crippen LogP contribution in [0.5, 0.6) is 0 Å². The quantitative estimate of drug-likeness (QED) is 0.0953. The van der Waals surface area contributed by atoms with Gasteiger partial charge < -0.3 is 0 Å². The highest BCUT2D eigenvalue weighted by Crippen LogP contribution is 2.44. The Balaban J connectivity index is 0.000000147. The van der Waals surface area contributed by atoms with Crippen molar-refractivity contribution in [2.24, 2.45) is 0 Å².